The van der Waals surface area contributed by atoms with E-state index in [2.05, 4.69) is 16.8 Å². The van der Waals surface area contributed by atoms with Crippen molar-refractivity contribution in [1.29, 1.82) is 0 Å². The van der Waals surface area contributed by atoms with Crippen LogP contribution >= 0.6 is 36.4 Å². The van der Waals surface area contributed by atoms with Gasteiger partial charge in [-0.3, -0.25) is 4.79 Å². The first-order valence-corrected chi connectivity index (χ1v) is 7.00. The highest BCUT2D eigenvalue weighted by molar-refractivity contribution is 8.22. The maximum Gasteiger partial charge on any atom is 0.136 e. The first-order valence-electron chi connectivity index (χ1n) is 5.61. The van der Waals surface area contributed by atoms with Gasteiger partial charge in [-0.05, 0) is 14.0 Å². The molecule has 0 aliphatic carbocycles. The molecule has 0 aromatic heterocycles. The van der Waals surface area contributed by atoms with Crippen LogP contribution in [0.2, 0.25) is 0 Å². The summed E-state index contributed by atoms with van der Waals surface area (Å²) in [6.45, 7) is 7.77. The molecule has 1 saturated heterocycles. The van der Waals surface area contributed by atoms with Crippen LogP contribution in [-0.4, -0.2) is 58.9 Å². The van der Waals surface area contributed by atoms with Gasteiger partial charge in [0, 0.05) is 37.8 Å². The third-order valence-corrected chi connectivity index (χ3v) is 4.70. The maximum atomic E-state index is 11.1. The number of hydrogen-bond acceptors (Lipinski definition) is 4. The second-order valence-electron chi connectivity index (χ2n) is 4.38. The lowest BCUT2D eigenvalue weighted by molar-refractivity contribution is -0.119. The van der Waals surface area contributed by atoms with Crippen LogP contribution in [0.4, 0.5) is 0 Å². The molecule has 17 heavy (non-hydrogen) atoms. The molecule has 0 aromatic rings. The summed E-state index contributed by atoms with van der Waals surface area (Å²) < 4.78 is 0.946. The quantitative estimate of drug-likeness (QED) is 0.740. The van der Waals surface area contributed by atoms with Gasteiger partial charge in [0.2, 0.25) is 0 Å². The highest BCUT2D eigenvalue weighted by Gasteiger charge is 2.17. The largest absolute Gasteiger partial charge is 0.355 e. The fourth-order valence-corrected chi connectivity index (χ4v) is 2.77. The van der Waals surface area contributed by atoms with Gasteiger partial charge in [0.05, 0.1) is 0 Å². The van der Waals surface area contributed by atoms with E-state index in [1.807, 2.05) is 6.92 Å². The molecule has 6 heteroatoms. The van der Waals surface area contributed by atoms with E-state index in [-0.39, 0.29) is 24.1 Å². The third kappa shape index (κ3) is 6.04. The molecule has 1 unspecified atom stereocenters. The number of halogens is 1. The van der Waals surface area contributed by atoms with Gasteiger partial charge in [-0.1, -0.05) is 30.9 Å². The third-order valence-electron chi connectivity index (χ3n) is 2.91. The number of carbonyl (C=O) groups is 1. The van der Waals surface area contributed by atoms with Gasteiger partial charge in [-0.15, -0.1) is 12.4 Å². The molecule has 0 aromatic carbocycles. The van der Waals surface area contributed by atoms with Crippen LogP contribution in [-0.2, 0) is 4.79 Å². The predicted molar refractivity (Wildman–Crippen MR) is 81.2 cm³/mol. The van der Waals surface area contributed by atoms with Crippen molar-refractivity contribution < 1.29 is 4.79 Å². The highest BCUT2D eigenvalue weighted by atomic mass is 35.5. The minimum Gasteiger partial charge on any atom is -0.355 e. The number of nitrogens with zero attached hydrogens (tertiary/aromatic N) is 2. The number of thiocarbonyl (C=S) groups is 1. The van der Waals surface area contributed by atoms with Crippen LogP contribution in [0.25, 0.3) is 0 Å². The summed E-state index contributed by atoms with van der Waals surface area (Å²) in [4.78, 5) is 15.6. The average Bonchev–Trinajstić information content (AvgIpc) is 2.26. The van der Waals surface area contributed by atoms with E-state index >= 15 is 0 Å². The zero-order valence-corrected chi connectivity index (χ0v) is 13.1. The van der Waals surface area contributed by atoms with Crippen molar-refractivity contribution in [2.45, 2.75) is 13.8 Å². The van der Waals surface area contributed by atoms with Crippen LogP contribution in [0.1, 0.15) is 13.8 Å². The van der Waals surface area contributed by atoms with Crippen LogP contribution in [0.3, 0.4) is 0 Å². The maximum absolute atomic E-state index is 11.1. The van der Waals surface area contributed by atoms with Crippen molar-refractivity contribution in [3.63, 3.8) is 0 Å². The summed E-state index contributed by atoms with van der Waals surface area (Å²) in [5.74, 6) is 1.16. The minimum atomic E-state index is 0. The predicted octanol–water partition coefficient (Wildman–Crippen LogP) is 1.90. The zero-order chi connectivity index (χ0) is 12.1. The Labute approximate surface area is 120 Å². The average molecular weight is 297 g/mol. The molecular formula is C11H21ClN2OS2. The van der Waals surface area contributed by atoms with Gasteiger partial charge in [0.15, 0.2) is 0 Å². The molecular weight excluding hydrogens is 276 g/mol. The second-order valence-corrected chi connectivity index (χ2v) is 6.03. The van der Waals surface area contributed by atoms with E-state index in [1.165, 1.54) is 0 Å². The van der Waals surface area contributed by atoms with Crippen molar-refractivity contribution in [2.24, 2.45) is 5.92 Å². The Morgan fingerprint density at radius 1 is 1.35 bits per heavy atom. The van der Waals surface area contributed by atoms with Gasteiger partial charge < -0.3 is 9.80 Å². The molecule has 1 heterocycles. The van der Waals surface area contributed by atoms with Crippen LogP contribution in [0.5, 0.6) is 0 Å². The van der Waals surface area contributed by atoms with Crippen molar-refractivity contribution in [3.8, 4) is 0 Å². The Morgan fingerprint density at radius 2 is 1.88 bits per heavy atom. The summed E-state index contributed by atoms with van der Waals surface area (Å²) >= 11 is 7.02. The van der Waals surface area contributed by atoms with Crippen LogP contribution in [0.15, 0.2) is 0 Å². The van der Waals surface area contributed by atoms with E-state index in [0.717, 1.165) is 36.3 Å². The molecule has 0 N–H and O–H groups in total. The fourth-order valence-electron chi connectivity index (χ4n) is 1.39. The SMILES string of the molecule is CC(=O)C(C)CSC(=S)N1CCN(C)CC1.Cl. The van der Waals surface area contributed by atoms with Crippen molar-refractivity contribution in [2.75, 3.05) is 39.0 Å². The van der Waals surface area contributed by atoms with Gasteiger partial charge in [-0.2, -0.15) is 0 Å². The van der Waals surface area contributed by atoms with E-state index < -0.39 is 0 Å². The molecule has 1 aliphatic rings. The summed E-state index contributed by atoms with van der Waals surface area (Å²) in [6, 6.07) is 0. The van der Waals surface area contributed by atoms with E-state index in [9.17, 15) is 4.79 Å². The van der Waals surface area contributed by atoms with Crippen molar-refractivity contribution in [3.05, 3.63) is 0 Å². The summed E-state index contributed by atoms with van der Waals surface area (Å²) in [7, 11) is 2.13. The lowest BCUT2D eigenvalue weighted by atomic mass is 10.1. The van der Waals surface area contributed by atoms with Gasteiger partial charge in [-0.25, -0.2) is 0 Å². The topological polar surface area (TPSA) is 23.6 Å². The summed E-state index contributed by atoms with van der Waals surface area (Å²) in [6.07, 6.45) is 0. The molecule has 0 amide bonds. The number of ketones is 1. The van der Waals surface area contributed by atoms with Gasteiger partial charge >= 0.3 is 0 Å². The normalized spacial score (nSPS) is 18.4. The van der Waals surface area contributed by atoms with Gasteiger partial charge in [0.1, 0.15) is 10.1 Å². The Bertz CT molecular complexity index is 268. The second kappa shape index (κ2) is 8.29. The molecule has 0 saturated carbocycles. The van der Waals surface area contributed by atoms with Crippen LogP contribution in [0, 0.1) is 5.92 Å². The number of Topliss-reactive ketones (excluding diaryl/α,β-unsaturated/α-hetero) is 1. The number of carbonyl (C=O) groups excluding carboxylic acids is 1. The molecule has 1 fully saturated rings. The molecule has 100 valence electrons. The zero-order valence-electron chi connectivity index (χ0n) is 10.6. The number of thioether (sulfide) groups is 1. The molecule has 0 bridgehead atoms. The Balaban J connectivity index is 0.00000256. The molecule has 1 rings (SSSR count). The standard InChI is InChI=1S/C11H20N2OS2.ClH/c1-9(10(2)14)8-16-11(15)13-6-4-12(3)5-7-13;/h9H,4-8H2,1-3H3;1H. The lowest BCUT2D eigenvalue weighted by Crippen LogP contribution is -2.45. The molecule has 3 nitrogen and oxygen atoms in total. The highest BCUT2D eigenvalue weighted by Crippen LogP contribution is 2.15. The number of rotatable bonds is 3. The lowest BCUT2D eigenvalue weighted by Gasteiger charge is -2.33. The van der Waals surface area contributed by atoms with E-state index in [1.54, 1.807) is 18.7 Å². The summed E-state index contributed by atoms with van der Waals surface area (Å²) in [5, 5.41) is 0. The molecule has 0 spiro atoms. The molecule has 1 atom stereocenters. The first kappa shape index (κ1) is 17.2. The fraction of sp³-hybridized carbons (Fsp3) is 0.818. The van der Waals surface area contributed by atoms with Crippen LogP contribution < -0.4 is 0 Å². The minimum absolute atomic E-state index is 0. The van der Waals surface area contributed by atoms with Crippen molar-refractivity contribution in [1.82, 2.24) is 9.80 Å². The smallest absolute Gasteiger partial charge is 0.136 e. The Hall–Kier alpha value is 0.160. The number of hydrogen-bond donors (Lipinski definition) is 0. The molecule has 0 radical (unpaired) electrons. The monoisotopic (exact) mass is 296 g/mol. The Morgan fingerprint density at radius 3 is 2.35 bits per heavy atom. The number of piperazine rings is 1. The van der Waals surface area contributed by atoms with Crippen molar-refractivity contribution >= 4 is 46.5 Å². The molecule has 1 aliphatic heterocycles. The van der Waals surface area contributed by atoms with Gasteiger partial charge in [0.25, 0.3) is 0 Å². The van der Waals surface area contributed by atoms with E-state index in [0.29, 0.717) is 0 Å². The first-order chi connectivity index (χ1) is 7.50. The Kier molecular flexibility index (Phi) is 8.37. The number of likely N-dealkylation sites (N-methyl/N-ethyl adjacent to an activating group) is 1. The van der Waals surface area contributed by atoms with E-state index in [4.69, 9.17) is 12.2 Å². The summed E-state index contributed by atoms with van der Waals surface area (Å²) in [5.41, 5.74) is 0.